The van der Waals surface area contributed by atoms with Crippen molar-refractivity contribution < 1.29 is 14.3 Å². The number of oxazole rings is 1. The van der Waals surface area contributed by atoms with Crippen LogP contribution in [0.5, 0.6) is 0 Å². The molecule has 27 heavy (non-hydrogen) atoms. The highest BCUT2D eigenvalue weighted by molar-refractivity contribution is 6.31. The molecule has 0 N–H and O–H groups in total. The highest BCUT2D eigenvalue weighted by atomic mass is 35.5. The fraction of sp³-hybridized carbons (Fsp3) is 0.143. The molecule has 0 amide bonds. The Labute approximate surface area is 153 Å². The van der Waals surface area contributed by atoms with Crippen molar-refractivity contribution >= 4 is 34.2 Å². The molecule has 2 aromatic heterocycles. The lowest BCUT2D eigenvalue weighted by Crippen LogP contribution is -2.24. The van der Waals surface area contributed by atoms with E-state index in [2.05, 4.69) is 10.1 Å². The standard InChI is InChI=1S/C14H7ClN6O6/c1-19-14(22)11(15)10(12(18-19)21(25)26)7(5-16)13-17-8-4-6(20(23)24)2-3-9(8)27-13/h2-4,7H,1H3/t7-/m1/s1. The molecular weight excluding hydrogens is 384 g/mol. The fourth-order valence-electron chi connectivity index (χ4n) is 2.40. The lowest BCUT2D eigenvalue weighted by Gasteiger charge is -2.08. The molecule has 0 bridgehead atoms. The van der Waals surface area contributed by atoms with Crippen molar-refractivity contribution in [3.63, 3.8) is 0 Å². The molecule has 0 fully saturated rings. The molecule has 0 saturated carbocycles. The van der Waals surface area contributed by atoms with Gasteiger partial charge in [0.25, 0.3) is 5.69 Å². The van der Waals surface area contributed by atoms with E-state index in [4.69, 9.17) is 16.0 Å². The second-order valence-corrected chi connectivity index (χ2v) is 5.64. The Bertz CT molecular complexity index is 1210. The van der Waals surface area contributed by atoms with Crippen LogP contribution in [0.4, 0.5) is 11.5 Å². The number of halogens is 1. The van der Waals surface area contributed by atoms with E-state index in [0.29, 0.717) is 4.68 Å². The first kappa shape index (κ1) is 18.0. The minimum Gasteiger partial charge on any atom is -0.439 e. The van der Waals surface area contributed by atoms with E-state index >= 15 is 0 Å². The van der Waals surface area contributed by atoms with Gasteiger partial charge in [-0.2, -0.15) is 5.26 Å². The molecule has 2 heterocycles. The summed E-state index contributed by atoms with van der Waals surface area (Å²) < 4.78 is 6.07. The van der Waals surface area contributed by atoms with Gasteiger partial charge in [-0.1, -0.05) is 11.6 Å². The molecule has 0 radical (unpaired) electrons. The number of rotatable bonds is 4. The van der Waals surface area contributed by atoms with Crippen molar-refractivity contribution in [3.05, 3.63) is 65.3 Å². The number of benzene rings is 1. The van der Waals surface area contributed by atoms with Crippen molar-refractivity contribution in [2.75, 3.05) is 0 Å². The third-order valence-electron chi connectivity index (χ3n) is 3.64. The van der Waals surface area contributed by atoms with E-state index in [0.717, 1.165) is 6.07 Å². The van der Waals surface area contributed by atoms with Crippen LogP contribution in [0.2, 0.25) is 5.02 Å². The Morgan fingerprint density at radius 3 is 2.63 bits per heavy atom. The van der Waals surface area contributed by atoms with Gasteiger partial charge in [-0.05, 0) is 11.0 Å². The first-order chi connectivity index (χ1) is 12.7. The molecule has 136 valence electrons. The summed E-state index contributed by atoms with van der Waals surface area (Å²) in [6.07, 6.45) is 0. The maximum atomic E-state index is 12.0. The van der Waals surface area contributed by atoms with E-state index in [1.807, 2.05) is 0 Å². The van der Waals surface area contributed by atoms with Crippen molar-refractivity contribution in [2.45, 2.75) is 5.92 Å². The van der Waals surface area contributed by atoms with Crippen LogP contribution in [0.15, 0.2) is 27.4 Å². The Balaban J connectivity index is 2.25. The van der Waals surface area contributed by atoms with Gasteiger partial charge in [0.05, 0.1) is 23.1 Å². The molecule has 0 unspecified atom stereocenters. The van der Waals surface area contributed by atoms with E-state index in [1.54, 1.807) is 6.07 Å². The maximum absolute atomic E-state index is 12.0. The molecule has 12 nitrogen and oxygen atoms in total. The smallest absolute Gasteiger partial charge is 0.395 e. The van der Waals surface area contributed by atoms with Crippen LogP contribution in [-0.2, 0) is 7.05 Å². The number of aromatic nitrogens is 3. The van der Waals surface area contributed by atoms with Gasteiger partial charge in [0, 0.05) is 12.1 Å². The molecule has 0 aliphatic carbocycles. The van der Waals surface area contributed by atoms with E-state index in [-0.39, 0.29) is 22.7 Å². The number of hydrogen-bond donors (Lipinski definition) is 0. The number of hydrogen-bond acceptors (Lipinski definition) is 9. The largest absolute Gasteiger partial charge is 0.439 e. The minimum absolute atomic E-state index is 0.0648. The lowest BCUT2D eigenvalue weighted by molar-refractivity contribution is -0.391. The van der Waals surface area contributed by atoms with Crippen molar-refractivity contribution in [1.82, 2.24) is 14.8 Å². The van der Waals surface area contributed by atoms with E-state index in [1.165, 1.54) is 19.2 Å². The Kier molecular flexibility index (Phi) is 4.30. The number of fused-ring (bicyclic) bond motifs is 1. The zero-order valence-electron chi connectivity index (χ0n) is 13.3. The Morgan fingerprint density at radius 2 is 2.04 bits per heavy atom. The summed E-state index contributed by atoms with van der Waals surface area (Å²) in [4.78, 5) is 36.6. The SMILES string of the molecule is Cn1nc([N+](=O)[O-])c([C@@H](C#N)c2nc3cc([N+](=O)[O-])ccc3o2)c(Cl)c1=O. The normalized spacial score (nSPS) is 11.9. The van der Waals surface area contributed by atoms with Crippen molar-refractivity contribution in [2.24, 2.45) is 7.05 Å². The maximum Gasteiger partial charge on any atom is 0.395 e. The summed E-state index contributed by atoms with van der Waals surface area (Å²) in [7, 11) is 1.17. The molecule has 1 atom stereocenters. The van der Waals surface area contributed by atoms with Crippen LogP contribution in [0.3, 0.4) is 0 Å². The van der Waals surface area contributed by atoms with Gasteiger partial charge in [0.1, 0.15) is 16.1 Å². The van der Waals surface area contributed by atoms with Crippen LogP contribution in [-0.4, -0.2) is 24.6 Å². The summed E-state index contributed by atoms with van der Waals surface area (Å²) in [5.41, 5.74) is -1.38. The third-order valence-corrected chi connectivity index (χ3v) is 4.01. The molecule has 3 rings (SSSR count). The summed E-state index contributed by atoms with van der Waals surface area (Å²) in [6.45, 7) is 0. The van der Waals surface area contributed by atoms with Crippen LogP contribution in [0, 0.1) is 31.6 Å². The molecule has 1 aromatic carbocycles. The molecule has 0 saturated heterocycles. The van der Waals surface area contributed by atoms with E-state index in [9.17, 15) is 30.3 Å². The average molecular weight is 391 g/mol. The number of nitro benzene ring substituents is 1. The van der Waals surface area contributed by atoms with Gasteiger partial charge in [-0.25, -0.2) is 4.98 Å². The number of nitrogens with zero attached hydrogens (tertiary/aromatic N) is 6. The molecule has 3 aromatic rings. The number of aryl methyl sites for hydroxylation is 1. The number of nitriles is 1. The zero-order valence-corrected chi connectivity index (χ0v) is 14.1. The van der Waals surface area contributed by atoms with Crippen LogP contribution in [0.1, 0.15) is 17.4 Å². The molecular formula is C14H7ClN6O6. The Hall–Kier alpha value is -3.85. The molecule has 13 heteroatoms. The monoisotopic (exact) mass is 390 g/mol. The molecule has 0 aliphatic rings. The number of non-ortho nitro benzene ring substituents is 1. The van der Waals surface area contributed by atoms with Gasteiger partial charge in [-0.3, -0.25) is 14.9 Å². The predicted molar refractivity (Wildman–Crippen MR) is 89.3 cm³/mol. The summed E-state index contributed by atoms with van der Waals surface area (Å²) in [6, 6.07) is 5.32. The second kappa shape index (κ2) is 6.46. The lowest BCUT2D eigenvalue weighted by atomic mass is 10.0. The fourth-order valence-corrected chi connectivity index (χ4v) is 2.72. The molecule has 0 spiro atoms. The average Bonchev–Trinajstić information content (AvgIpc) is 3.04. The Morgan fingerprint density at radius 1 is 1.33 bits per heavy atom. The zero-order chi connectivity index (χ0) is 19.9. The first-order valence-corrected chi connectivity index (χ1v) is 7.48. The number of nitro groups is 2. The van der Waals surface area contributed by atoms with Gasteiger partial charge in [0.2, 0.25) is 5.89 Å². The summed E-state index contributed by atoms with van der Waals surface area (Å²) in [5.74, 6) is -2.64. The van der Waals surface area contributed by atoms with Crippen molar-refractivity contribution in [3.8, 4) is 6.07 Å². The van der Waals surface area contributed by atoms with Gasteiger partial charge in [-0.15, -0.1) is 4.68 Å². The van der Waals surface area contributed by atoms with Gasteiger partial charge in [0.15, 0.2) is 11.5 Å². The summed E-state index contributed by atoms with van der Waals surface area (Å²) >= 11 is 5.95. The van der Waals surface area contributed by atoms with Gasteiger partial charge >= 0.3 is 11.4 Å². The third kappa shape index (κ3) is 2.96. The second-order valence-electron chi connectivity index (χ2n) is 5.26. The van der Waals surface area contributed by atoms with Crippen molar-refractivity contribution in [1.29, 1.82) is 5.26 Å². The first-order valence-electron chi connectivity index (χ1n) is 7.10. The highest BCUT2D eigenvalue weighted by Gasteiger charge is 2.34. The van der Waals surface area contributed by atoms with Crippen LogP contribution >= 0.6 is 11.6 Å². The predicted octanol–water partition coefficient (Wildman–Crippen LogP) is 2.05. The van der Waals surface area contributed by atoms with Crippen LogP contribution in [0.25, 0.3) is 11.1 Å². The minimum atomic E-state index is -1.52. The van der Waals surface area contributed by atoms with Gasteiger partial charge < -0.3 is 14.5 Å². The topological polar surface area (TPSA) is 171 Å². The summed E-state index contributed by atoms with van der Waals surface area (Å²) in [5, 5.41) is 34.6. The highest BCUT2D eigenvalue weighted by Crippen LogP contribution is 2.35. The quantitative estimate of drug-likeness (QED) is 0.477. The van der Waals surface area contributed by atoms with Crippen LogP contribution < -0.4 is 5.56 Å². The molecule has 0 aliphatic heterocycles. The van der Waals surface area contributed by atoms with E-state index < -0.39 is 37.7 Å².